The molecule has 1 aliphatic carbocycles. The highest BCUT2D eigenvalue weighted by Gasteiger charge is 2.26. The minimum absolute atomic E-state index is 0.626. The van der Waals surface area contributed by atoms with Gasteiger partial charge in [0.15, 0.2) is 0 Å². The summed E-state index contributed by atoms with van der Waals surface area (Å²) in [5.74, 6) is 0.938. The first-order valence-electron chi connectivity index (χ1n) is 6.97. The molecule has 0 saturated heterocycles. The molecule has 1 fully saturated rings. The number of benzene rings is 1. The van der Waals surface area contributed by atoms with Crippen LogP contribution in [-0.2, 0) is 0 Å². The van der Waals surface area contributed by atoms with Crippen molar-refractivity contribution in [1.29, 1.82) is 0 Å². The lowest BCUT2D eigenvalue weighted by molar-refractivity contribution is 0.750. The Labute approximate surface area is 117 Å². The maximum absolute atomic E-state index is 4.58. The number of rotatable bonds is 3. The van der Waals surface area contributed by atoms with Crippen molar-refractivity contribution in [2.45, 2.75) is 25.8 Å². The number of anilines is 2. The predicted octanol–water partition coefficient (Wildman–Crippen LogP) is 3.82. The normalized spacial score (nSPS) is 14.7. The largest absolute Gasteiger partial charge is 0.326 e. The van der Waals surface area contributed by atoms with E-state index in [9.17, 15) is 0 Å². The molecular weight excluding hydrogens is 248 g/mol. The fourth-order valence-electron chi connectivity index (χ4n) is 2.52. The topological polar surface area (TPSA) is 42.7 Å². The van der Waals surface area contributed by atoms with Crippen LogP contribution in [0.3, 0.4) is 0 Å². The molecule has 0 amide bonds. The molecule has 1 N–H and O–H groups in total. The molecule has 20 heavy (non-hydrogen) atoms. The van der Waals surface area contributed by atoms with Gasteiger partial charge in [-0.3, -0.25) is 4.98 Å². The third-order valence-corrected chi connectivity index (χ3v) is 3.65. The molecule has 4 nitrogen and oxygen atoms in total. The Hall–Kier alpha value is -2.36. The zero-order valence-corrected chi connectivity index (χ0v) is 11.4. The third kappa shape index (κ3) is 2.03. The van der Waals surface area contributed by atoms with Gasteiger partial charge < -0.3 is 9.88 Å². The summed E-state index contributed by atoms with van der Waals surface area (Å²) in [7, 11) is 0. The van der Waals surface area contributed by atoms with Gasteiger partial charge in [-0.05, 0) is 44.0 Å². The van der Waals surface area contributed by atoms with E-state index in [-0.39, 0.29) is 0 Å². The summed E-state index contributed by atoms with van der Waals surface area (Å²) < 4.78 is 2.25. The van der Waals surface area contributed by atoms with Gasteiger partial charge in [-0.2, -0.15) is 0 Å². The number of nitrogens with zero attached hydrogens (tertiary/aromatic N) is 3. The SMILES string of the molecule is Cc1cn(C2CC2)c(Nc2ccc3ncccc3c2)n1. The monoisotopic (exact) mass is 264 g/mol. The number of hydrogen-bond donors (Lipinski definition) is 1. The van der Waals surface area contributed by atoms with E-state index in [1.165, 1.54) is 12.8 Å². The van der Waals surface area contributed by atoms with Crippen LogP contribution in [0.25, 0.3) is 10.9 Å². The third-order valence-electron chi connectivity index (χ3n) is 3.65. The number of pyridine rings is 1. The summed E-state index contributed by atoms with van der Waals surface area (Å²) in [5.41, 5.74) is 3.12. The van der Waals surface area contributed by atoms with Crippen LogP contribution >= 0.6 is 0 Å². The van der Waals surface area contributed by atoms with Crippen molar-refractivity contribution in [1.82, 2.24) is 14.5 Å². The van der Waals surface area contributed by atoms with Gasteiger partial charge in [-0.1, -0.05) is 6.07 Å². The fourth-order valence-corrected chi connectivity index (χ4v) is 2.52. The number of nitrogens with one attached hydrogen (secondary N) is 1. The minimum Gasteiger partial charge on any atom is -0.326 e. The van der Waals surface area contributed by atoms with Crippen LogP contribution in [0.1, 0.15) is 24.6 Å². The Kier molecular flexibility index (Phi) is 2.49. The maximum Gasteiger partial charge on any atom is 0.207 e. The summed E-state index contributed by atoms with van der Waals surface area (Å²) >= 11 is 0. The average molecular weight is 264 g/mol. The molecule has 1 aliphatic rings. The Morgan fingerprint density at radius 1 is 1.25 bits per heavy atom. The van der Waals surface area contributed by atoms with Crippen LogP contribution in [0.5, 0.6) is 0 Å². The molecule has 0 unspecified atom stereocenters. The molecule has 1 saturated carbocycles. The highest BCUT2D eigenvalue weighted by atomic mass is 15.2. The second-order valence-corrected chi connectivity index (χ2v) is 5.38. The van der Waals surface area contributed by atoms with Crippen molar-refractivity contribution in [3.05, 3.63) is 48.4 Å². The highest BCUT2D eigenvalue weighted by molar-refractivity contribution is 5.82. The molecule has 4 rings (SSSR count). The van der Waals surface area contributed by atoms with Gasteiger partial charge in [0, 0.05) is 29.5 Å². The standard InChI is InChI=1S/C16H16N4/c1-11-10-20(14-5-6-14)16(18-11)19-13-4-7-15-12(9-13)3-2-8-17-15/h2-4,7-10,14H,5-6H2,1H3,(H,18,19). The van der Waals surface area contributed by atoms with Crippen LogP contribution in [0.15, 0.2) is 42.7 Å². The maximum atomic E-state index is 4.58. The molecule has 0 spiro atoms. The van der Waals surface area contributed by atoms with Crippen LogP contribution in [-0.4, -0.2) is 14.5 Å². The summed E-state index contributed by atoms with van der Waals surface area (Å²) in [6.45, 7) is 2.04. The van der Waals surface area contributed by atoms with Gasteiger partial charge in [-0.15, -0.1) is 0 Å². The Morgan fingerprint density at radius 3 is 3.00 bits per heavy atom. The molecule has 3 aromatic rings. The van der Waals surface area contributed by atoms with Crippen molar-refractivity contribution in [3.8, 4) is 0 Å². The minimum atomic E-state index is 0.626. The molecule has 100 valence electrons. The van der Waals surface area contributed by atoms with Gasteiger partial charge in [-0.25, -0.2) is 4.98 Å². The van der Waals surface area contributed by atoms with Gasteiger partial charge in [0.25, 0.3) is 0 Å². The van der Waals surface area contributed by atoms with Crippen LogP contribution in [0.2, 0.25) is 0 Å². The first-order valence-corrected chi connectivity index (χ1v) is 6.97. The number of imidazole rings is 1. The van der Waals surface area contributed by atoms with Crippen molar-refractivity contribution >= 4 is 22.5 Å². The Bertz CT molecular complexity index is 771. The molecule has 0 radical (unpaired) electrons. The fraction of sp³-hybridized carbons (Fsp3) is 0.250. The number of fused-ring (bicyclic) bond motifs is 1. The van der Waals surface area contributed by atoms with Gasteiger partial charge in [0.05, 0.1) is 11.2 Å². The van der Waals surface area contributed by atoms with E-state index in [4.69, 9.17) is 0 Å². The van der Waals surface area contributed by atoms with E-state index in [0.29, 0.717) is 6.04 Å². The van der Waals surface area contributed by atoms with Gasteiger partial charge in [0.2, 0.25) is 5.95 Å². The van der Waals surface area contributed by atoms with E-state index in [0.717, 1.165) is 28.2 Å². The zero-order valence-electron chi connectivity index (χ0n) is 11.4. The number of aromatic nitrogens is 3. The van der Waals surface area contributed by atoms with E-state index in [1.54, 1.807) is 0 Å². The first kappa shape index (κ1) is 11.5. The molecule has 0 bridgehead atoms. The van der Waals surface area contributed by atoms with E-state index < -0.39 is 0 Å². The molecular formula is C16H16N4. The molecule has 2 aromatic heterocycles. The van der Waals surface area contributed by atoms with Gasteiger partial charge in [0.1, 0.15) is 0 Å². The molecule has 2 heterocycles. The number of aryl methyl sites for hydroxylation is 1. The lowest BCUT2D eigenvalue weighted by atomic mass is 10.2. The molecule has 1 aromatic carbocycles. The molecule has 0 atom stereocenters. The predicted molar refractivity (Wildman–Crippen MR) is 80.3 cm³/mol. The van der Waals surface area contributed by atoms with Crippen molar-refractivity contribution < 1.29 is 0 Å². The van der Waals surface area contributed by atoms with Crippen molar-refractivity contribution in [2.24, 2.45) is 0 Å². The summed E-state index contributed by atoms with van der Waals surface area (Å²) in [4.78, 5) is 8.92. The highest BCUT2D eigenvalue weighted by Crippen LogP contribution is 2.38. The zero-order chi connectivity index (χ0) is 13.5. The number of hydrogen-bond acceptors (Lipinski definition) is 3. The molecule has 4 heteroatoms. The van der Waals surface area contributed by atoms with E-state index >= 15 is 0 Å². The average Bonchev–Trinajstić information content (AvgIpc) is 3.23. The van der Waals surface area contributed by atoms with Crippen molar-refractivity contribution in [2.75, 3.05) is 5.32 Å². The lowest BCUT2D eigenvalue weighted by Gasteiger charge is -2.09. The van der Waals surface area contributed by atoms with Crippen LogP contribution in [0.4, 0.5) is 11.6 Å². The van der Waals surface area contributed by atoms with Crippen LogP contribution < -0.4 is 5.32 Å². The summed E-state index contributed by atoms with van der Waals surface area (Å²) in [6.07, 6.45) is 6.46. The Morgan fingerprint density at radius 2 is 2.15 bits per heavy atom. The lowest BCUT2D eigenvalue weighted by Crippen LogP contribution is -2.01. The quantitative estimate of drug-likeness (QED) is 0.782. The summed E-state index contributed by atoms with van der Waals surface area (Å²) in [6, 6.07) is 10.9. The second kappa shape index (κ2) is 4.34. The van der Waals surface area contributed by atoms with E-state index in [2.05, 4.69) is 44.2 Å². The molecule has 0 aliphatic heterocycles. The first-order chi connectivity index (χ1) is 9.79. The van der Waals surface area contributed by atoms with Gasteiger partial charge >= 0.3 is 0 Å². The smallest absolute Gasteiger partial charge is 0.207 e. The Balaban J connectivity index is 1.70. The van der Waals surface area contributed by atoms with E-state index in [1.807, 2.05) is 25.3 Å². The van der Waals surface area contributed by atoms with Crippen LogP contribution in [0, 0.1) is 6.92 Å². The summed E-state index contributed by atoms with van der Waals surface area (Å²) in [5, 5.41) is 4.57. The second-order valence-electron chi connectivity index (χ2n) is 5.38. The van der Waals surface area contributed by atoms with Crippen molar-refractivity contribution in [3.63, 3.8) is 0 Å².